The fourth-order valence-corrected chi connectivity index (χ4v) is 4.18. The van der Waals surface area contributed by atoms with Gasteiger partial charge >= 0.3 is 11.9 Å². The van der Waals surface area contributed by atoms with Gasteiger partial charge in [0, 0.05) is 17.5 Å². The third kappa shape index (κ3) is 7.97. The Labute approximate surface area is 195 Å². The molecule has 6 heteroatoms. The van der Waals surface area contributed by atoms with E-state index in [0.717, 1.165) is 42.7 Å². The summed E-state index contributed by atoms with van der Waals surface area (Å²) >= 11 is 0. The summed E-state index contributed by atoms with van der Waals surface area (Å²) in [5, 5.41) is 0. The molecule has 0 radical (unpaired) electrons. The number of carbonyl (C=O) groups is 2. The molecule has 0 heterocycles. The van der Waals surface area contributed by atoms with E-state index in [0.29, 0.717) is 16.9 Å². The number of nitrogens with two attached hydrogens (primary N) is 2. The summed E-state index contributed by atoms with van der Waals surface area (Å²) < 4.78 is 10.9. The van der Waals surface area contributed by atoms with Crippen molar-refractivity contribution < 1.29 is 19.1 Å². The summed E-state index contributed by atoms with van der Waals surface area (Å²) in [4.78, 5) is 24.5. The largest absolute Gasteiger partial charge is 0.459 e. The highest BCUT2D eigenvalue weighted by molar-refractivity contribution is 5.90. The molecule has 1 saturated carbocycles. The van der Waals surface area contributed by atoms with Crippen molar-refractivity contribution in [1.29, 1.82) is 0 Å². The summed E-state index contributed by atoms with van der Waals surface area (Å²) in [6.45, 7) is 2.31. The number of unbranched alkanes of at least 4 members (excludes halogenated alkanes) is 1. The van der Waals surface area contributed by atoms with Gasteiger partial charge in [0.15, 0.2) is 0 Å². The van der Waals surface area contributed by atoms with Gasteiger partial charge in [-0.1, -0.05) is 38.3 Å². The van der Waals surface area contributed by atoms with Gasteiger partial charge in [0.25, 0.3) is 0 Å². The highest BCUT2D eigenvalue weighted by Crippen LogP contribution is 2.30. The van der Waals surface area contributed by atoms with Crippen LogP contribution < -0.4 is 11.5 Å². The molecule has 6 nitrogen and oxygen atoms in total. The summed E-state index contributed by atoms with van der Waals surface area (Å²) in [7, 11) is 0. The summed E-state index contributed by atoms with van der Waals surface area (Å²) in [6, 6.07) is 12.1. The van der Waals surface area contributed by atoms with Gasteiger partial charge in [-0.25, -0.2) is 9.59 Å². The Morgan fingerprint density at radius 3 is 2.30 bits per heavy atom. The van der Waals surface area contributed by atoms with Crippen molar-refractivity contribution in [3.63, 3.8) is 0 Å². The number of rotatable bonds is 9. The predicted molar refractivity (Wildman–Crippen MR) is 131 cm³/mol. The van der Waals surface area contributed by atoms with Crippen LogP contribution in [0.5, 0.6) is 0 Å². The van der Waals surface area contributed by atoms with Crippen LogP contribution in [0.4, 0.5) is 11.4 Å². The third-order valence-corrected chi connectivity index (χ3v) is 6.01. The Balaban J connectivity index is 1.44. The normalized spacial score (nSPS) is 18.2. The van der Waals surface area contributed by atoms with Gasteiger partial charge in [-0.2, -0.15) is 0 Å². The van der Waals surface area contributed by atoms with Gasteiger partial charge in [-0.15, -0.1) is 0 Å². The number of carbonyl (C=O) groups excluding carboxylic acids is 2. The summed E-state index contributed by atoms with van der Waals surface area (Å²) in [6.07, 6.45) is 11.0. The van der Waals surface area contributed by atoms with E-state index in [9.17, 15) is 9.59 Å². The minimum Gasteiger partial charge on any atom is -0.459 e. The van der Waals surface area contributed by atoms with Crippen LogP contribution in [0.1, 0.15) is 73.4 Å². The van der Waals surface area contributed by atoms with E-state index < -0.39 is 5.97 Å². The van der Waals surface area contributed by atoms with Gasteiger partial charge in [-0.3, -0.25) is 0 Å². The summed E-state index contributed by atoms with van der Waals surface area (Å²) in [5.41, 5.74) is 14.6. The Hall–Kier alpha value is -3.28. The standard InChI is InChI=1S/C27H34N2O4/c1-2-3-4-19-7-12-25(13-8-19)33-27(31)22-10-5-20(6-11-22)9-14-26(30)32-18-21-15-23(28)17-24(29)16-21/h5-6,9-11,14-17,19,25H,2-4,7-8,12-13,18,28-29H2,1H3. The van der Waals surface area contributed by atoms with Gasteiger partial charge in [0.2, 0.25) is 0 Å². The maximum atomic E-state index is 12.5. The van der Waals surface area contributed by atoms with Crippen molar-refractivity contribution >= 4 is 29.4 Å². The Morgan fingerprint density at radius 1 is 1.00 bits per heavy atom. The first kappa shape index (κ1) is 24.4. The van der Waals surface area contributed by atoms with Gasteiger partial charge in [0.1, 0.15) is 12.7 Å². The molecule has 0 saturated heterocycles. The van der Waals surface area contributed by atoms with Crippen LogP contribution in [-0.2, 0) is 20.9 Å². The fourth-order valence-electron chi connectivity index (χ4n) is 4.18. The topological polar surface area (TPSA) is 105 Å². The van der Waals surface area contributed by atoms with Crippen molar-refractivity contribution in [3.8, 4) is 0 Å². The predicted octanol–water partition coefficient (Wildman–Crippen LogP) is 5.51. The number of anilines is 2. The SMILES string of the molecule is CCCCC1CCC(OC(=O)c2ccc(C=CC(=O)OCc3cc(N)cc(N)c3)cc2)CC1. The molecule has 0 spiro atoms. The molecule has 0 unspecified atom stereocenters. The zero-order valence-corrected chi connectivity index (χ0v) is 19.3. The highest BCUT2D eigenvalue weighted by Gasteiger charge is 2.24. The number of nitrogen functional groups attached to an aromatic ring is 2. The van der Waals surface area contributed by atoms with Crippen LogP contribution in [0.3, 0.4) is 0 Å². The van der Waals surface area contributed by atoms with Crippen molar-refractivity contribution in [1.82, 2.24) is 0 Å². The lowest BCUT2D eigenvalue weighted by molar-refractivity contribution is -0.138. The van der Waals surface area contributed by atoms with Gasteiger partial charge in [-0.05, 0) is 79.1 Å². The second kappa shape index (κ2) is 12.1. The molecule has 0 aliphatic heterocycles. The Kier molecular flexibility index (Phi) is 8.93. The third-order valence-electron chi connectivity index (χ3n) is 6.01. The lowest BCUT2D eigenvalue weighted by atomic mass is 9.84. The van der Waals surface area contributed by atoms with Crippen LogP contribution in [-0.4, -0.2) is 18.0 Å². The second-order valence-electron chi connectivity index (χ2n) is 8.76. The monoisotopic (exact) mass is 450 g/mol. The van der Waals surface area contributed by atoms with Crippen LogP contribution in [0.15, 0.2) is 48.5 Å². The van der Waals surface area contributed by atoms with E-state index in [2.05, 4.69) is 6.92 Å². The van der Waals surface area contributed by atoms with Gasteiger partial charge < -0.3 is 20.9 Å². The van der Waals surface area contributed by atoms with E-state index in [-0.39, 0.29) is 18.7 Å². The van der Waals surface area contributed by atoms with Crippen LogP contribution >= 0.6 is 0 Å². The minimum absolute atomic E-state index is 0.0139. The molecule has 4 N–H and O–H groups in total. The first-order chi connectivity index (χ1) is 15.9. The Morgan fingerprint density at radius 2 is 1.67 bits per heavy atom. The van der Waals surface area contributed by atoms with E-state index in [4.69, 9.17) is 20.9 Å². The molecule has 0 aromatic heterocycles. The molecular weight excluding hydrogens is 416 g/mol. The number of hydrogen-bond donors (Lipinski definition) is 2. The maximum Gasteiger partial charge on any atom is 0.338 e. The quantitative estimate of drug-likeness (QED) is 0.296. The van der Waals surface area contributed by atoms with Crippen LogP contribution in [0, 0.1) is 5.92 Å². The minimum atomic E-state index is -0.478. The number of hydrogen-bond acceptors (Lipinski definition) is 6. The average Bonchev–Trinajstić information content (AvgIpc) is 2.80. The van der Waals surface area contributed by atoms with Crippen molar-refractivity contribution in [2.45, 2.75) is 64.6 Å². The second-order valence-corrected chi connectivity index (χ2v) is 8.76. The molecule has 176 valence electrons. The maximum absolute atomic E-state index is 12.5. The van der Waals surface area contributed by atoms with Crippen LogP contribution in [0.2, 0.25) is 0 Å². The molecule has 33 heavy (non-hydrogen) atoms. The Bertz CT molecular complexity index is 940. The zero-order chi connectivity index (χ0) is 23.6. The number of esters is 2. The van der Waals surface area contributed by atoms with Gasteiger partial charge in [0.05, 0.1) is 5.56 Å². The number of benzene rings is 2. The number of ether oxygens (including phenoxy) is 2. The molecule has 0 amide bonds. The van der Waals surface area contributed by atoms with Crippen molar-refractivity contribution in [2.75, 3.05) is 11.5 Å². The molecule has 2 aromatic carbocycles. The van der Waals surface area contributed by atoms with Crippen LogP contribution in [0.25, 0.3) is 6.08 Å². The molecule has 1 aliphatic rings. The molecule has 1 fully saturated rings. The molecule has 3 rings (SSSR count). The molecule has 1 aliphatic carbocycles. The van der Waals surface area contributed by atoms with E-state index in [1.54, 1.807) is 48.5 Å². The average molecular weight is 451 g/mol. The lowest BCUT2D eigenvalue weighted by Crippen LogP contribution is -2.24. The van der Waals surface area contributed by atoms with E-state index in [1.807, 2.05) is 0 Å². The summed E-state index contributed by atoms with van der Waals surface area (Å²) in [5.74, 6) is 0.0130. The smallest absolute Gasteiger partial charge is 0.338 e. The molecule has 0 bridgehead atoms. The van der Waals surface area contributed by atoms with Crippen molar-refractivity contribution in [2.24, 2.45) is 5.92 Å². The molecule has 2 aromatic rings. The lowest BCUT2D eigenvalue weighted by Gasteiger charge is -2.28. The first-order valence-electron chi connectivity index (χ1n) is 11.7. The highest BCUT2D eigenvalue weighted by atomic mass is 16.5. The van der Waals surface area contributed by atoms with Crippen molar-refractivity contribution in [3.05, 3.63) is 65.2 Å². The fraction of sp³-hybridized carbons (Fsp3) is 0.407. The van der Waals surface area contributed by atoms with E-state index in [1.165, 1.54) is 25.3 Å². The first-order valence-corrected chi connectivity index (χ1v) is 11.7. The zero-order valence-electron chi connectivity index (χ0n) is 19.3. The molecular formula is C27H34N2O4. The molecule has 0 atom stereocenters. The van der Waals surface area contributed by atoms with E-state index >= 15 is 0 Å².